The van der Waals surface area contributed by atoms with Gasteiger partial charge in [-0.25, -0.2) is 0 Å². The van der Waals surface area contributed by atoms with Gasteiger partial charge < -0.3 is 21.3 Å². The number of hydrogen-bond acceptors (Lipinski definition) is 6. The van der Waals surface area contributed by atoms with Crippen molar-refractivity contribution in [2.24, 2.45) is 11.5 Å². The first-order valence-electron chi connectivity index (χ1n) is 8.80. The lowest BCUT2D eigenvalue weighted by molar-refractivity contribution is -0.119. The van der Waals surface area contributed by atoms with E-state index in [0.717, 1.165) is 0 Å². The van der Waals surface area contributed by atoms with Crippen LogP contribution in [0.2, 0.25) is 0 Å². The number of nitrogens with zero attached hydrogens (tertiary/aromatic N) is 2. The summed E-state index contributed by atoms with van der Waals surface area (Å²) >= 11 is 0. The van der Waals surface area contributed by atoms with Crippen LogP contribution in [0, 0.1) is 0 Å². The lowest BCUT2D eigenvalue weighted by Crippen LogP contribution is -2.35. The Morgan fingerprint density at radius 2 is 1.03 bits per heavy atom. The van der Waals surface area contributed by atoms with Crippen molar-refractivity contribution in [2.75, 3.05) is 27.2 Å². The van der Waals surface area contributed by atoms with E-state index in [1.54, 1.807) is 48.5 Å². The summed E-state index contributed by atoms with van der Waals surface area (Å²) < 4.78 is 0. The van der Waals surface area contributed by atoms with Gasteiger partial charge in [-0.3, -0.25) is 19.2 Å². The van der Waals surface area contributed by atoms with Gasteiger partial charge in [-0.05, 0) is 24.3 Å². The summed E-state index contributed by atoms with van der Waals surface area (Å²) in [6.45, 7) is -0.372. The van der Waals surface area contributed by atoms with Gasteiger partial charge in [-0.2, -0.15) is 0 Å². The molecule has 0 aliphatic carbocycles. The maximum absolute atomic E-state index is 12.7. The molecule has 2 aromatic rings. The third kappa shape index (κ3) is 6.26. The van der Waals surface area contributed by atoms with Gasteiger partial charge >= 0.3 is 0 Å². The number of amides is 4. The van der Waals surface area contributed by atoms with Gasteiger partial charge in [0.15, 0.2) is 0 Å². The van der Waals surface area contributed by atoms with Crippen LogP contribution < -0.4 is 11.5 Å². The van der Waals surface area contributed by atoms with Crippen LogP contribution in [-0.2, 0) is 9.59 Å². The number of likely N-dealkylation sites (N-methyl/N-ethyl adjacent to an activating group) is 2. The summed E-state index contributed by atoms with van der Waals surface area (Å²) in [5.41, 5.74) is 11.2. The average molecular weight is 447 g/mol. The molecular weight excluding hydrogens is 424 g/mol. The molecule has 0 spiro atoms. The predicted molar refractivity (Wildman–Crippen MR) is 117 cm³/mol. The van der Waals surface area contributed by atoms with Gasteiger partial charge in [0.05, 0.1) is 24.2 Å². The van der Waals surface area contributed by atoms with E-state index in [4.69, 9.17) is 11.5 Å². The van der Waals surface area contributed by atoms with Crippen molar-refractivity contribution < 1.29 is 19.2 Å². The average Bonchev–Trinajstić information content (AvgIpc) is 2.70. The molecule has 0 radical (unpaired) electrons. The SMILES string of the molecule is CN(CC(N)=O)C(=O)c1ccccc1SSc1ccccc1C(=O)N(C)CC(N)=O. The summed E-state index contributed by atoms with van der Waals surface area (Å²) in [5.74, 6) is -1.86. The van der Waals surface area contributed by atoms with Crippen LogP contribution in [0.25, 0.3) is 0 Å². The Kier molecular flexibility index (Phi) is 8.31. The summed E-state index contributed by atoms with van der Waals surface area (Å²) in [7, 11) is 5.63. The highest BCUT2D eigenvalue weighted by atomic mass is 33.1. The van der Waals surface area contributed by atoms with Crippen molar-refractivity contribution in [3.8, 4) is 0 Å². The topological polar surface area (TPSA) is 127 Å². The van der Waals surface area contributed by atoms with E-state index in [-0.39, 0.29) is 24.9 Å². The number of benzene rings is 2. The van der Waals surface area contributed by atoms with E-state index in [1.807, 2.05) is 0 Å². The molecule has 0 aliphatic rings. The number of carbonyl (C=O) groups excluding carboxylic acids is 4. The molecule has 30 heavy (non-hydrogen) atoms. The molecule has 0 saturated carbocycles. The number of nitrogens with two attached hydrogens (primary N) is 2. The third-order valence-electron chi connectivity index (χ3n) is 3.94. The molecule has 4 amide bonds. The Hall–Kier alpha value is -2.98. The van der Waals surface area contributed by atoms with Crippen LogP contribution in [0.1, 0.15) is 20.7 Å². The van der Waals surface area contributed by atoms with Crippen molar-refractivity contribution >= 4 is 45.2 Å². The van der Waals surface area contributed by atoms with Crippen LogP contribution >= 0.6 is 21.6 Å². The van der Waals surface area contributed by atoms with Gasteiger partial charge in [0.25, 0.3) is 11.8 Å². The second kappa shape index (κ2) is 10.7. The highest BCUT2D eigenvalue weighted by Gasteiger charge is 2.20. The molecule has 0 bridgehead atoms. The minimum absolute atomic E-state index is 0.186. The molecule has 10 heteroatoms. The van der Waals surface area contributed by atoms with Crippen LogP contribution in [0.3, 0.4) is 0 Å². The van der Waals surface area contributed by atoms with E-state index >= 15 is 0 Å². The first-order valence-corrected chi connectivity index (χ1v) is 11.0. The van der Waals surface area contributed by atoms with E-state index in [9.17, 15) is 19.2 Å². The second-order valence-corrected chi connectivity index (χ2v) is 8.63. The fourth-order valence-electron chi connectivity index (χ4n) is 2.54. The van der Waals surface area contributed by atoms with E-state index in [2.05, 4.69) is 0 Å². The molecule has 0 unspecified atom stereocenters. The summed E-state index contributed by atoms with van der Waals surface area (Å²) in [6, 6.07) is 14.0. The molecule has 0 heterocycles. The molecule has 0 aliphatic heterocycles. The largest absolute Gasteiger partial charge is 0.368 e. The Labute approximate surface area is 182 Å². The first-order chi connectivity index (χ1) is 14.2. The molecule has 2 rings (SSSR count). The first kappa shape index (κ1) is 23.3. The highest BCUT2D eigenvalue weighted by molar-refractivity contribution is 8.76. The lowest BCUT2D eigenvalue weighted by atomic mass is 10.2. The Morgan fingerprint density at radius 1 is 0.700 bits per heavy atom. The van der Waals surface area contributed by atoms with Crippen LogP contribution in [-0.4, -0.2) is 60.6 Å². The van der Waals surface area contributed by atoms with Gasteiger partial charge in [-0.15, -0.1) is 0 Å². The standard InChI is InChI=1S/C20H22N4O4S2/c1-23(11-17(21)25)19(27)13-7-3-5-9-15(13)29-30-16-10-6-4-8-14(16)20(28)24(2)12-18(22)26/h3-10H,11-12H2,1-2H3,(H2,21,25)(H2,22,26). The van der Waals surface area contributed by atoms with Crippen molar-refractivity contribution in [3.63, 3.8) is 0 Å². The molecule has 4 N–H and O–H groups in total. The maximum Gasteiger partial charge on any atom is 0.255 e. The predicted octanol–water partition coefficient (Wildman–Crippen LogP) is 1.60. The quantitative estimate of drug-likeness (QED) is 0.563. The van der Waals surface area contributed by atoms with E-state index in [0.29, 0.717) is 20.9 Å². The molecule has 2 aromatic carbocycles. The van der Waals surface area contributed by atoms with Gasteiger partial charge in [0.2, 0.25) is 11.8 Å². The van der Waals surface area contributed by atoms with Gasteiger partial charge in [0, 0.05) is 23.9 Å². The van der Waals surface area contributed by atoms with Crippen molar-refractivity contribution in [3.05, 3.63) is 59.7 Å². The fourth-order valence-corrected chi connectivity index (χ4v) is 4.89. The normalized spacial score (nSPS) is 10.3. The minimum atomic E-state index is -0.599. The maximum atomic E-state index is 12.7. The monoisotopic (exact) mass is 446 g/mol. The van der Waals surface area contributed by atoms with Crippen LogP contribution in [0.5, 0.6) is 0 Å². The van der Waals surface area contributed by atoms with Crippen molar-refractivity contribution in [1.29, 1.82) is 0 Å². The molecule has 0 fully saturated rings. The van der Waals surface area contributed by atoms with Crippen molar-refractivity contribution in [2.45, 2.75) is 9.79 Å². The fraction of sp³-hybridized carbons (Fsp3) is 0.200. The summed E-state index contributed by atoms with van der Waals surface area (Å²) in [6.07, 6.45) is 0. The lowest BCUT2D eigenvalue weighted by Gasteiger charge is -2.18. The second-order valence-electron chi connectivity index (χ2n) is 6.41. The highest BCUT2D eigenvalue weighted by Crippen LogP contribution is 2.40. The zero-order valence-electron chi connectivity index (χ0n) is 16.5. The molecule has 0 aromatic heterocycles. The summed E-state index contributed by atoms with van der Waals surface area (Å²) in [4.78, 5) is 51.4. The minimum Gasteiger partial charge on any atom is -0.368 e. The van der Waals surface area contributed by atoms with E-state index in [1.165, 1.54) is 45.5 Å². The third-order valence-corrected chi connectivity index (χ3v) is 6.42. The molecule has 158 valence electrons. The zero-order chi connectivity index (χ0) is 22.3. The number of rotatable bonds is 9. The number of hydrogen-bond donors (Lipinski definition) is 2. The summed E-state index contributed by atoms with van der Waals surface area (Å²) in [5, 5.41) is 0. The molecule has 8 nitrogen and oxygen atoms in total. The molecule has 0 atom stereocenters. The smallest absolute Gasteiger partial charge is 0.255 e. The Bertz CT molecular complexity index is 890. The van der Waals surface area contributed by atoms with Crippen LogP contribution in [0.15, 0.2) is 58.3 Å². The Balaban J connectivity index is 2.21. The van der Waals surface area contributed by atoms with Gasteiger partial charge in [-0.1, -0.05) is 45.9 Å². The Morgan fingerprint density at radius 3 is 1.37 bits per heavy atom. The van der Waals surface area contributed by atoms with Gasteiger partial charge in [0.1, 0.15) is 0 Å². The zero-order valence-corrected chi connectivity index (χ0v) is 18.2. The van der Waals surface area contributed by atoms with Crippen LogP contribution in [0.4, 0.5) is 0 Å². The molecular formula is C20H22N4O4S2. The number of primary amides is 2. The van der Waals surface area contributed by atoms with E-state index < -0.39 is 11.8 Å². The van der Waals surface area contributed by atoms with Crippen molar-refractivity contribution in [1.82, 2.24) is 9.80 Å². The molecule has 0 saturated heterocycles. The number of carbonyl (C=O) groups is 4.